The number of carboxylic acid groups (broad SMARTS) is 1. The van der Waals surface area contributed by atoms with Crippen molar-refractivity contribution in [3.63, 3.8) is 0 Å². The van der Waals surface area contributed by atoms with E-state index in [-0.39, 0.29) is 0 Å². The van der Waals surface area contributed by atoms with Gasteiger partial charge in [0.05, 0.1) is 11.4 Å². The second kappa shape index (κ2) is 2.12. The molecule has 0 amide bonds. The summed E-state index contributed by atoms with van der Waals surface area (Å²) in [6.45, 7) is 5.30. The predicted molar refractivity (Wildman–Crippen MR) is 45.0 cm³/mol. The van der Waals surface area contributed by atoms with Crippen LogP contribution >= 0.6 is 0 Å². The fraction of sp³-hybridized carbons (Fsp3) is 0.800. The standard InChI is InChI=1S/C10H14O4/c1-8(2)9(3)4-5-10(8,6(11)12)14-7(9)13/h4-5H2,1-3H3,(H,11,12)/p-1/t9-,10+/m1/s1. The van der Waals surface area contributed by atoms with Gasteiger partial charge in [-0.3, -0.25) is 4.79 Å². The molecule has 0 N–H and O–H groups in total. The summed E-state index contributed by atoms with van der Waals surface area (Å²) in [6.07, 6.45) is 0.928. The van der Waals surface area contributed by atoms with Gasteiger partial charge in [-0.25, -0.2) is 0 Å². The first kappa shape index (κ1) is 9.49. The molecule has 0 aromatic rings. The number of ether oxygens (including phenoxy) is 1. The third kappa shape index (κ3) is 0.645. The Balaban J connectivity index is 2.60. The largest absolute Gasteiger partial charge is 0.546 e. The monoisotopic (exact) mass is 197 g/mol. The summed E-state index contributed by atoms with van der Waals surface area (Å²) in [5.74, 6) is -1.67. The molecule has 78 valence electrons. The molecule has 2 rings (SSSR count). The summed E-state index contributed by atoms with van der Waals surface area (Å²) in [4.78, 5) is 22.7. The van der Waals surface area contributed by atoms with Crippen LogP contribution in [0.3, 0.4) is 0 Å². The number of hydrogen-bond acceptors (Lipinski definition) is 4. The van der Waals surface area contributed by atoms with Crippen LogP contribution in [0, 0.1) is 10.8 Å². The molecule has 0 radical (unpaired) electrons. The lowest BCUT2D eigenvalue weighted by Crippen LogP contribution is -2.54. The maximum absolute atomic E-state index is 11.6. The Morgan fingerprint density at radius 3 is 2.14 bits per heavy atom. The van der Waals surface area contributed by atoms with Crippen molar-refractivity contribution in [2.24, 2.45) is 10.8 Å². The highest BCUT2D eigenvalue weighted by Crippen LogP contribution is 2.65. The van der Waals surface area contributed by atoms with E-state index in [9.17, 15) is 14.7 Å². The van der Waals surface area contributed by atoms with Gasteiger partial charge >= 0.3 is 5.97 Å². The molecule has 4 nitrogen and oxygen atoms in total. The van der Waals surface area contributed by atoms with Gasteiger partial charge in [0.1, 0.15) is 0 Å². The van der Waals surface area contributed by atoms with Gasteiger partial charge in [-0.15, -0.1) is 0 Å². The number of hydrogen-bond donors (Lipinski definition) is 0. The minimum Gasteiger partial charge on any atom is -0.546 e. The molecular weight excluding hydrogens is 184 g/mol. The van der Waals surface area contributed by atoms with Crippen molar-refractivity contribution in [2.45, 2.75) is 39.2 Å². The van der Waals surface area contributed by atoms with Crippen molar-refractivity contribution >= 4 is 11.9 Å². The van der Waals surface area contributed by atoms with E-state index in [1.54, 1.807) is 20.8 Å². The Bertz CT molecular complexity index is 333. The maximum Gasteiger partial charge on any atom is 0.313 e. The van der Waals surface area contributed by atoms with Gasteiger partial charge in [0.25, 0.3) is 0 Å². The minimum atomic E-state index is -1.40. The number of carbonyl (C=O) groups excluding carboxylic acids is 2. The molecule has 1 saturated carbocycles. The van der Waals surface area contributed by atoms with E-state index < -0.39 is 28.4 Å². The lowest BCUT2D eigenvalue weighted by Gasteiger charge is -2.37. The van der Waals surface area contributed by atoms with E-state index in [0.29, 0.717) is 12.8 Å². The first-order chi connectivity index (χ1) is 6.28. The molecule has 1 saturated heterocycles. The SMILES string of the molecule is CC1(C)[C@@]2(C(=O)[O-])CC[C@]1(C)C(=O)O2. The normalized spacial score (nSPS) is 43.8. The van der Waals surface area contributed by atoms with Crippen molar-refractivity contribution in [3.05, 3.63) is 0 Å². The lowest BCUT2D eigenvalue weighted by atomic mass is 9.66. The number of rotatable bonds is 1. The van der Waals surface area contributed by atoms with Gasteiger partial charge in [0.15, 0.2) is 5.60 Å². The third-order valence-electron chi connectivity index (χ3n) is 4.41. The van der Waals surface area contributed by atoms with Crippen LogP contribution < -0.4 is 5.11 Å². The van der Waals surface area contributed by atoms with Crippen LogP contribution in [0.15, 0.2) is 0 Å². The second-order valence-corrected chi connectivity index (χ2v) is 4.96. The molecule has 14 heavy (non-hydrogen) atoms. The molecule has 1 aliphatic carbocycles. The van der Waals surface area contributed by atoms with Gasteiger partial charge in [-0.05, 0) is 19.8 Å². The molecule has 1 heterocycles. The van der Waals surface area contributed by atoms with Gasteiger partial charge in [0, 0.05) is 5.41 Å². The smallest absolute Gasteiger partial charge is 0.313 e. The van der Waals surface area contributed by atoms with Crippen molar-refractivity contribution in [2.75, 3.05) is 0 Å². The number of aliphatic carboxylic acids is 1. The number of fused-ring (bicyclic) bond motifs is 2. The number of esters is 1. The predicted octanol–water partition coefficient (Wildman–Crippen LogP) is -0.142. The first-order valence-corrected chi connectivity index (χ1v) is 4.73. The zero-order chi connectivity index (χ0) is 10.8. The maximum atomic E-state index is 11.6. The van der Waals surface area contributed by atoms with E-state index in [1.807, 2.05) is 0 Å². The Kier molecular flexibility index (Phi) is 1.44. The van der Waals surface area contributed by atoms with Crippen LogP contribution in [0.2, 0.25) is 0 Å². The molecule has 2 fully saturated rings. The van der Waals surface area contributed by atoms with E-state index in [0.717, 1.165) is 0 Å². The lowest BCUT2D eigenvalue weighted by molar-refractivity contribution is -0.328. The highest BCUT2D eigenvalue weighted by Gasteiger charge is 2.73. The van der Waals surface area contributed by atoms with Crippen molar-refractivity contribution < 1.29 is 19.4 Å². The van der Waals surface area contributed by atoms with Crippen LogP contribution in [0.1, 0.15) is 33.6 Å². The van der Waals surface area contributed by atoms with E-state index >= 15 is 0 Å². The molecule has 0 aromatic heterocycles. The molecule has 2 bridgehead atoms. The average Bonchev–Trinajstić information content (AvgIpc) is 2.34. The summed E-state index contributed by atoms with van der Waals surface area (Å²) in [5, 5.41) is 11.1. The Morgan fingerprint density at radius 1 is 1.36 bits per heavy atom. The summed E-state index contributed by atoms with van der Waals surface area (Å²) in [7, 11) is 0. The topological polar surface area (TPSA) is 66.4 Å². The quantitative estimate of drug-likeness (QED) is 0.549. The molecule has 0 unspecified atom stereocenters. The van der Waals surface area contributed by atoms with Crippen LogP contribution in [0.25, 0.3) is 0 Å². The highest BCUT2D eigenvalue weighted by molar-refractivity contribution is 5.92. The minimum absolute atomic E-state index is 0.366. The molecule has 4 heteroatoms. The van der Waals surface area contributed by atoms with E-state index in [4.69, 9.17) is 4.74 Å². The molecule has 0 aromatic carbocycles. The van der Waals surface area contributed by atoms with Gasteiger partial charge in [-0.1, -0.05) is 13.8 Å². The molecule has 1 aliphatic heterocycles. The Morgan fingerprint density at radius 2 is 1.93 bits per heavy atom. The molecule has 2 atom stereocenters. The van der Waals surface area contributed by atoms with Crippen LogP contribution in [0.4, 0.5) is 0 Å². The summed E-state index contributed by atoms with van der Waals surface area (Å²) in [5.41, 5.74) is -2.76. The van der Waals surface area contributed by atoms with Crippen molar-refractivity contribution in [1.29, 1.82) is 0 Å². The number of carbonyl (C=O) groups is 2. The third-order valence-corrected chi connectivity index (χ3v) is 4.41. The van der Waals surface area contributed by atoms with Gasteiger partial charge < -0.3 is 14.6 Å². The van der Waals surface area contributed by atoms with E-state index in [1.165, 1.54) is 0 Å². The van der Waals surface area contributed by atoms with Crippen molar-refractivity contribution in [3.8, 4) is 0 Å². The van der Waals surface area contributed by atoms with Crippen LogP contribution in [-0.2, 0) is 14.3 Å². The fourth-order valence-corrected chi connectivity index (χ4v) is 2.70. The second-order valence-electron chi connectivity index (χ2n) is 4.96. The number of carboxylic acids is 1. The Labute approximate surface area is 82.2 Å². The van der Waals surface area contributed by atoms with Gasteiger partial charge in [0.2, 0.25) is 0 Å². The molecule has 0 spiro atoms. The first-order valence-electron chi connectivity index (χ1n) is 4.73. The summed E-state index contributed by atoms with van der Waals surface area (Å²) < 4.78 is 5.03. The van der Waals surface area contributed by atoms with Crippen LogP contribution in [0.5, 0.6) is 0 Å². The van der Waals surface area contributed by atoms with E-state index in [2.05, 4.69) is 0 Å². The summed E-state index contributed by atoms with van der Waals surface area (Å²) in [6, 6.07) is 0. The average molecular weight is 197 g/mol. The molecule has 2 aliphatic rings. The van der Waals surface area contributed by atoms with Gasteiger partial charge in [-0.2, -0.15) is 0 Å². The summed E-state index contributed by atoms with van der Waals surface area (Å²) >= 11 is 0. The molecular formula is C10H13O4-. The Hall–Kier alpha value is -1.06. The fourth-order valence-electron chi connectivity index (χ4n) is 2.70. The zero-order valence-electron chi connectivity index (χ0n) is 8.55. The van der Waals surface area contributed by atoms with Crippen LogP contribution in [-0.4, -0.2) is 17.5 Å². The van der Waals surface area contributed by atoms with Crippen molar-refractivity contribution in [1.82, 2.24) is 0 Å². The highest BCUT2D eigenvalue weighted by atomic mass is 16.6. The zero-order valence-corrected chi connectivity index (χ0v) is 8.55.